The van der Waals surface area contributed by atoms with Crippen LogP contribution >= 0.6 is 46.2 Å². The summed E-state index contributed by atoms with van der Waals surface area (Å²) in [5.74, 6) is 1.65. The fourth-order valence-corrected chi connectivity index (χ4v) is 3.40. The van der Waals surface area contributed by atoms with E-state index in [-0.39, 0.29) is 0 Å². The van der Waals surface area contributed by atoms with Crippen LogP contribution in [0, 0.1) is 0 Å². The van der Waals surface area contributed by atoms with E-state index in [0.29, 0.717) is 4.47 Å². The molecule has 2 rings (SSSR count). The number of thioether (sulfide) groups is 1. The molecule has 0 aliphatic heterocycles. The number of nitrogens with zero attached hydrogens (tertiary/aromatic N) is 4. The van der Waals surface area contributed by atoms with Gasteiger partial charge in [-0.15, -0.1) is 10.2 Å². The van der Waals surface area contributed by atoms with Crippen molar-refractivity contribution in [3.63, 3.8) is 0 Å². The number of hydrogen-bond acceptors (Lipinski definition) is 7. The van der Waals surface area contributed by atoms with E-state index in [9.17, 15) is 0 Å². The number of aryl methyl sites for hydroxylation is 1. The van der Waals surface area contributed by atoms with Crippen molar-refractivity contribution in [2.24, 2.45) is 0 Å². The lowest BCUT2D eigenvalue weighted by Gasteiger charge is -1.89. The molecule has 0 aliphatic rings. The molecule has 0 saturated carbocycles. The Morgan fingerprint density at radius 2 is 2.27 bits per heavy atom. The van der Waals surface area contributed by atoms with E-state index >= 15 is 0 Å². The largest absolute Gasteiger partial charge is 0.213 e. The summed E-state index contributed by atoms with van der Waals surface area (Å²) in [4.78, 5) is 4.34. The summed E-state index contributed by atoms with van der Waals surface area (Å²) in [7, 11) is 0. The molecule has 0 spiro atoms. The van der Waals surface area contributed by atoms with Crippen molar-refractivity contribution in [1.29, 1.82) is 0 Å². The highest BCUT2D eigenvalue weighted by Gasteiger charge is 2.06. The Balaban J connectivity index is 1.93. The third kappa shape index (κ3) is 3.10. The van der Waals surface area contributed by atoms with E-state index < -0.39 is 0 Å². The van der Waals surface area contributed by atoms with Crippen LogP contribution in [0.5, 0.6) is 0 Å². The molecule has 0 aromatic carbocycles. The van der Waals surface area contributed by atoms with Gasteiger partial charge in [0.15, 0.2) is 4.34 Å². The lowest BCUT2D eigenvalue weighted by molar-refractivity contribution is 0.971. The van der Waals surface area contributed by atoms with Crippen LogP contribution in [0.15, 0.2) is 4.34 Å². The monoisotopic (exact) mass is 278 g/mol. The van der Waals surface area contributed by atoms with Gasteiger partial charge in [-0.2, -0.15) is 4.37 Å². The van der Waals surface area contributed by atoms with Crippen molar-refractivity contribution in [2.75, 3.05) is 0 Å². The van der Waals surface area contributed by atoms with E-state index in [1.54, 1.807) is 11.8 Å². The van der Waals surface area contributed by atoms with Crippen LogP contribution < -0.4 is 0 Å². The van der Waals surface area contributed by atoms with Crippen LogP contribution in [0.1, 0.15) is 17.8 Å². The van der Waals surface area contributed by atoms with Crippen molar-refractivity contribution >= 4 is 46.2 Å². The third-order valence-corrected chi connectivity index (χ3v) is 4.61. The number of aromatic nitrogens is 4. The molecule has 0 unspecified atom stereocenters. The van der Waals surface area contributed by atoms with Crippen molar-refractivity contribution in [2.45, 2.75) is 23.4 Å². The van der Waals surface area contributed by atoms with E-state index in [1.165, 1.54) is 22.9 Å². The second kappa shape index (κ2) is 5.20. The molecule has 80 valence electrons. The van der Waals surface area contributed by atoms with Gasteiger partial charge >= 0.3 is 0 Å². The highest BCUT2D eigenvalue weighted by Crippen LogP contribution is 2.26. The van der Waals surface area contributed by atoms with Crippen LogP contribution in [0.3, 0.4) is 0 Å². The number of hydrogen-bond donors (Lipinski definition) is 0. The molecule has 0 aliphatic carbocycles. The zero-order chi connectivity index (χ0) is 10.7. The molecule has 0 N–H and O–H groups in total. The predicted molar refractivity (Wildman–Crippen MR) is 63.8 cm³/mol. The smallest absolute Gasteiger partial charge is 0.207 e. The molecule has 0 amide bonds. The zero-order valence-electron chi connectivity index (χ0n) is 7.81. The molecule has 15 heavy (non-hydrogen) atoms. The maximum absolute atomic E-state index is 5.68. The Hall–Kier alpha value is -0.240. The standard InChI is InChI=1S/C7H7ClN4S3/c1-2-4-9-7(15-12-4)13-3-5-10-11-6(8)14-5/h2-3H2,1H3. The molecule has 0 atom stereocenters. The first-order valence-corrected chi connectivity index (χ1v) is 7.16. The second-order valence-corrected chi connectivity index (χ2v) is 6.19. The molecule has 2 heterocycles. The van der Waals surface area contributed by atoms with Gasteiger partial charge in [-0.1, -0.05) is 30.0 Å². The minimum absolute atomic E-state index is 0.483. The zero-order valence-corrected chi connectivity index (χ0v) is 11.0. The highest BCUT2D eigenvalue weighted by atomic mass is 35.5. The van der Waals surface area contributed by atoms with E-state index in [1.807, 2.05) is 6.92 Å². The predicted octanol–water partition coefficient (Wildman–Crippen LogP) is 2.90. The second-order valence-electron chi connectivity index (χ2n) is 2.57. The Kier molecular flexibility index (Phi) is 3.90. The molecule has 0 saturated heterocycles. The fourth-order valence-electron chi connectivity index (χ4n) is 0.855. The van der Waals surface area contributed by atoms with Crippen molar-refractivity contribution in [1.82, 2.24) is 19.6 Å². The van der Waals surface area contributed by atoms with Crippen LogP contribution in [0.2, 0.25) is 4.47 Å². The molecule has 4 nitrogen and oxygen atoms in total. The van der Waals surface area contributed by atoms with Gasteiger partial charge < -0.3 is 0 Å². The summed E-state index contributed by atoms with van der Waals surface area (Å²) in [6.07, 6.45) is 0.877. The molecular weight excluding hydrogens is 272 g/mol. The SMILES string of the molecule is CCc1nsc(SCc2nnc(Cl)s2)n1. The normalized spacial score (nSPS) is 10.8. The van der Waals surface area contributed by atoms with Gasteiger partial charge in [-0.05, 0) is 23.1 Å². The highest BCUT2D eigenvalue weighted by molar-refractivity contribution is 8.00. The molecule has 0 bridgehead atoms. The first-order valence-electron chi connectivity index (χ1n) is 4.21. The van der Waals surface area contributed by atoms with Crippen molar-refractivity contribution in [3.05, 3.63) is 15.3 Å². The van der Waals surface area contributed by atoms with E-state index in [4.69, 9.17) is 11.6 Å². The summed E-state index contributed by atoms with van der Waals surface area (Å²) in [6, 6.07) is 0. The van der Waals surface area contributed by atoms with Crippen LogP contribution in [-0.2, 0) is 12.2 Å². The molecule has 8 heteroatoms. The van der Waals surface area contributed by atoms with Gasteiger partial charge in [0.25, 0.3) is 0 Å². The van der Waals surface area contributed by atoms with Gasteiger partial charge in [0, 0.05) is 6.42 Å². The summed E-state index contributed by atoms with van der Waals surface area (Å²) >= 11 is 10.1. The first-order chi connectivity index (χ1) is 7.28. The molecule has 0 fully saturated rings. The van der Waals surface area contributed by atoms with Crippen LogP contribution in [0.4, 0.5) is 0 Å². The maximum Gasteiger partial charge on any atom is 0.207 e. The van der Waals surface area contributed by atoms with E-state index in [2.05, 4.69) is 19.6 Å². The van der Waals surface area contributed by atoms with Gasteiger partial charge in [0.05, 0.1) is 5.75 Å². The molecule has 0 radical (unpaired) electrons. The Bertz CT molecular complexity index is 441. The van der Waals surface area contributed by atoms with Crippen LogP contribution in [0.25, 0.3) is 0 Å². The van der Waals surface area contributed by atoms with Gasteiger partial charge in [0.1, 0.15) is 10.8 Å². The Morgan fingerprint density at radius 1 is 1.40 bits per heavy atom. The quantitative estimate of drug-likeness (QED) is 0.805. The number of halogens is 1. The summed E-state index contributed by atoms with van der Waals surface area (Å²) in [5.41, 5.74) is 0. The lowest BCUT2D eigenvalue weighted by atomic mass is 10.5. The summed E-state index contributed by atoms with van der Waals surface area (Å²) in [5, 5.41) is 8.58. The van der Waals surface area contributed by atoms with Gasteiger partial charge in [0.2, 0.25) is 4.47 Å². The lowest BCUT2D eigenvalue weighted by Crippen LogP contribution is -1.82. The number of rotatable bonds is 4. The van der Waals surface area contributed by atoms with Crippen LogP contribution in [-0.4, -0.2) is 19.6 Å². The van der Waals surface area contributed by atoms with Crippen molar-refractivity contribution in [3.8, 4) is 0 Å². The third-order valence-electron chi connectivity index (χ3n) is 1.53. The fraction of sp³-hybridized carbons (Fsp3) is 0.429. The molecule has 2 aromatic heterocycles. The summed E-state index contributed by atoms with van der Waals surface area (Å²) < 4.78 is 5.66. The average molecular weight is 279 g/mol. The Labute approximate surface area is 104 Å². The van der Waals surface area contributed by atoms with Crippen molar-refractivity contribution < 1.29 is 0 Å². The topological polar surface area (TPSA) is 51.6 Å². The van der Waals surface area contributed by atoms with Gasteiger partial charge in [-0.3, -0.25) is 0 Å². The van der Waals surface area contributed by atoms with Gasteiger partial charge in [-0.25, -0.2) is 4.98 Å². The van der Waals surface area contributed by atoms with E-state index in [0.717, 1.165) is 27.3 Å². The maximum atomic E-state index is 5.68. The molecular formula is C7H7ClN4S3. The molecule has 2 aromatic rings. The average Bonchev–Trinajstić information content (AvgIpc) is 2.83. The Morgan fingerprint density at radius 3 is 2.87 bits per heavy atom. The summed E-state index contributed by atoms with van der Waals surface area (Å²) in [6.45, 7) is 2.04. The minimum atomic E-state index is 0.483. The first kappa shape index (κ1) is 11.3. The minimum Gasteiger partial charge on any atom is -0.213 e.